The van der Waals surface area contributed by atoms with E-state index in [1.807, 2.05) is 41.1 Å². The van der Waals surface area contributed by atoms with E-state index in [-0.39, 0.29) is 11.5 Å². The summed E-state index contributed by atoms with van der Waals surface area (Å²) in [6, 6.07) is 12.3. The van der Waals surface area contributed by atoms with Gasteiger partial charge in [-0.2, -0.15) is 8.78 Å². The molecule has 12 heteroatoms. The molecule has 204 valence electrons. The van der Waals surface area contributed by atoms with Crippen LogP contribution in [0.1, 0.15) is 17.9 Å². The third kappa shape index (κ3) is 6.81. The Hall–Kier alpha value is -3.64. The molecule has 0 bridgehead atoms. The Balaban J connectivity index is 0.000000232. The number of alkyl halides is 2. The van der Waals surface area contributed by atoms with Crippen molar-refractivity contribution in [3.63, 3.8) is 0 Å². The second-order valence-electron chi connectivity index (χ2n) is 8.98. The smallest absolute Gasteiger partial charge is 0.314 e. The number of ether oxygens (including phenoxy) is 2. The van der Waals surface area contributed by atoms with Gasteiger partial charge in [0.1, 0.15) is 11.6 Å². The first-order valence-electron chi connectivity index (χ1n) is 12.1. The molecule has 5 rings (SSSR count). The molecule has 2 saturated heterocycles. The van der Waals surface area contributed by atoms with E-state index in [0.29, 0.717) is 23.9 Å². The van der Waals surface area contributed by atoms with Gasteiger partial charge in [0.25, 0.3) is 5.89 Å². The zero-order valence-electron chi connectivity index (χ0n) is 21.2. The predicted molar refractivity (Wildman–Crippen MR) is 134 cm³/mol. The molecule has 0 N–H and O–H groups in total. The van der Waals surface area contributed by atoms with Crippen molar-refractivity contribution in [1.82, 2.24) is 20.0 Å². The van der Waals surface area contributed by atoms with Crippen LogP contribution in [0.25, 0.3) is 11.5 Å². The van der Waals surface area contributed by atoms with E-state index in [1.54, 1.807) is 19.2 Å². The van der Waals surface area contributed by atoms with E-state index < -0.39 is 18.1 Å². The van der Waals surface area contributed by atoms with Gasteiger partial charge in [-0.25, -0.2) is 4.39 Å². The van der Waals surface area contributed by atoms with Gasteiger partial charge >= 0.3 is 6.43 Å². The summed E-state index contributed by atoms with van der Waals surface area (Å²) >= 11 is 0. The van der Waals surface area contributed by atoms with Crippen molar-refractivity contribution in [2.24, 2.45) is 0 Å². The highest BCUT2D eigenvalue weighted by atomic mass is 19.3. The first-order valence-corrected chi connectivity index (χ1v) is 12.1. The molecule has 0 unspecified atom stereocenters. The summed E-state index contributed by atoms with van der Waals surface area (Å²) in [4.78, 5) is 16.5. The van der Waals surface area contributed by atoms with Crippen LogP contribution in [0.5, 0.6) is 5.75 Å². The highest BCUT2D eigenvalue weighted by molar-refractivity contribution is 5.55. The Morgan fingerprint density at radius 2 is 1.89 bits per heavy atom. The van der Waals surface area contributed by atoms with Gasteiger partial charge in [-0.1, -0.05) is 12.1 Å². The summed E-state index contributed by atoms with van der Waals surface area (Å²) in [5, 5.41) is 6.76. The zero-order chi connectivity index (χ0) is 27.1. The number of hydrogen-bond donors (Lipinski definition) is 0. The largest absolute Gasteiger partial charge is 0.497 e. The lowest BCUT2D eigenvalue weighted by Gasteiger charge is -2.41. The van der Waals surface area contributed by atoms with Crippen molar-refractivity contribution in [2.45, 2.75) is 19.0 Å². The number of hydrogen-bond acceptors (Lipinski definition) is 8. The standard InChI is InChI=1S/C18H16F3N3O2.C8H14N2O2/c1-24(13-4-3-5-14(9-13)25-2)10-12-7-6-11(8-15(12)19)17-22-23-18(26-17)16(20)21;11-7-9-1-3-10(4-2-9)8-5-12-6-8/h3-9,16H,10H2,1-2H3;7-8H,1-6H2. The van der Waals surface area contributed by atoms with E-state index in [9.17, 15) is 18.0 Å². The number of benzene rings is 2. The second kappa shape index (κ2) is 12.7. The van der Waals surface area contributed by atoms with Crippen LogP contribution in [0.4, 0.5) is 18.9 Å². The average Bonchev–Trinajstić information content (AvgIpc) is 3.41. The van der Waals surface area contributed by atoms with Crippen molar-refractivity contribution in [1.29, 1.82) is 0 Å². The van der Waals surface area contributed by atoms with Gasteiger partial charge in [-0.15, -0.1) is 10.2 Å². The molecule has 2 aromatic carbocycles. The van der Waals surface area contributed by atoms with Crippen molar-refractivity contribution < 1.29 is 31.9 Å². The highest BCUT2D eigenvalue weighted by Crippen LogP contribution is 2.26. The van der Waals surface area contributed by atoms with Crippen LogP contribution < -0.4 is 9.64 Å². The third-order valence-corrected chi connectivity index (χ3v) is 6.46. The Bertz CT molecular complexity index is 1200. The first kappa shape index (κ1) is 27.4. The van der Waals surface area contributed by atoms with Gasteiger partial charge in [0.05, 0.1) is 26.4 Å². The van der Waals surface area contributed by atoms with E-state index in [4.69, 9.17) is 13.9 Å². The molecular weight excluding hydrogens is 503 g/mol. The topological polar surface area (TPSA) is 84.2 Å². The molecule has 9 nitrogen and oxygen atoms in total. The van der Waals surface area contributed by atoms with Crippen molar-refractivity contribution in [3.8, 4) is 17.2 Å². The van der Waals surface area contributed by atoms with Gasteiger partial charge in [0, 0.05) is 62.7 Å². The molecule has 1 aromatic heterocycles. The molecule has 1 amide bonds. The number of halogens is 3. The number of piperazine rings is 1. The minimum atomic E-state index is -2.86. The van der Waals surface area contributed by atoms with Crippen molar-refractivity contribution in [2.75, 3.05) is 58.5 Å². The normalized spacial score (nSPS) is 16.0. The van der Waals surface area contributed by atoms with Gasteiger partial charge in [-0.05, 0) is 24.3 Å². The van der Waals surface area contributed by atoms with Crippen molar-refractivity contribution in [3.05, 3.63) is 59.7 Å². The van der Waals surface area contributed by atoms with Gasteiger partial charge in [-0.3, -0.25) is 9.69 Å². The summed E-state index contributed by atoms with van der Waals surface area (Å²) < 4.78 is 54.6. The average molecular weight is 534 g/mol. The van der Waals surface area contributed by atoms with E-state index in [2.05, 4.69) is 15.1 Å². The van der Waals surface area contributed by atoms with Gasteiger partial charge in [0.15, 0.2) is 0 Å². The Morgan fingerprint density at radius 1 is 1.13 bits per heavy atom. The number of carbonyl (C=O) groups excluding carboxylic acids is 1. The molecule has 0 saturated carbocycles. The summed E-state index contributed by atoms with van der Waals surface area (Å²) in [6.07, 6.45) is -1.92. The minimum absolute atomic E-state index is 0.146. The third-order valence-electron chi connectivity index (χ3n) is 6.46. The Kier molecular flexibility index (Phi) is 9.19. The maximum atomic E-state index is 14.4. The quantitative estimate of drug-likeness (QED) is 0.406. The number of nitrogens with zero attached hydrogens (tertiary/aromatic N) is 5. The molecule has 2 aliphatic rings. The second-order valence-corrected chi connectivity index (χ2v) is 8.98. The lowest BCUT2D eigenvalue weighted by Crippen LogP contribution is -2.56. The van der Waals surface area contributed by atoms with Crippen molar-refractivity contribution >= 4 is 12.1 Å². The van der Waals surface area contributed by atoms with Crippen LogP contribution in [0.15, 0.2) is 46.9 Å². The van der Waals surface area contributed by atoms with Crippen LogP contribution >= 0.6 is 0 Å². The Morgan fingerprint density at radius 3 is 2.47 bits per heavy atom. The fourth-order valence-corrected chi connectivity index (χ4v) is 4.08. The summed E-state index contributed by atoms with van der Waals surface area (Å²) in [6.45, 7) is 5.83. The van der Waals surface area contributed by atoms with E-state index in [0.717, 1.165) is 51.5 Å². The van der Waals surface area contributed by atoms with Crippen LogP contribution in [-0.2, 0) is 16.1 Å². The molecule has 2 fully saturated rings. The maximum Gasteiger partial charge on any atom is 0.314 e. The van der Waals surface area contributed by atoms with E-state index in [1.165, 1.54) is 6.07 Å². The molecule has 3 heterocycles. The van der Waals surface area contributed by atoms with Crippen LogP contribution in [0.3, 0.4) is 0 Å². The molecule has 0 spiro atoms. The number of anilines is 1. The summed E-state index contributed by atoms with van der Waals surface area (Å²) in [5.74, 6) is -0.723. The predicted octanol–water partition coefficient (Wildman–Crippen LogP) is 3.62. The number of rotatable bonds is 8. The van der Waals surface area contributed by atoms with Crippen LogP contribution in [-0.4, -0.2) is 86.0 Å². The molecule has 0 aliphatic carbocycles. The number of aromatic nitrogens is 2. The molecular formula is C26H30F3N5O4. The summed E-state index contributed by atoms with van der Waals surface area (Å²) in [7, 11) is 3.41. The molecule has 2 aliphatic heterocycles. The summed E-state index contributed by atoms with van der Waals surface area (Å²) in [5.41, 5.74) is 1.55. The first-order chi connectivity index (χ1) is 18.4. The highest BCUT2D eigenvalue weighted by Gasteiger charge is 2.28. The molecule has 0 radical (unpaired) electrons. The number of amides is 1. The lowest BCUT2D eigenvalue weighted by atomic mass is 10.1. The fraction of sp³-hybridized carbons (Fsp3) is 0.423. The van der Waals surface area contributed by atoms with Gasteiger partial charge < -0.3 is 23.7 Å². The molecule has 38 heavy (non-hydrogen) atoms. The maximum absolute atomic E-state index is 14.4. The minimum Gasteiger partial charge on any atom is -0.497 e. The van der Waals surface area contributed by atoms with Gasteiger partial charge in [0.2, 0.25) is 12.3 Å². The van der Waals surface area contributed by atoms with Crippen LogP contribution in [0, 0.1) is 5.82 Å². The fourth-order valence-electron chi connectivity index (χ4n) is 4.08. The number of carbonyl (C=O) groups is 1. The lowest BCUT2D eigenvalue weighted by molar-refractivity contribution is -0.122. The van der Waals surface area contributed by atoms with E-state index >= 15 is 0 Å². The molecule has 0 atom stereocenters. The monoisotopic (exact) mass is 533 g/mol. The molecule has 3 aromatic rings. The Labute approximate surface area is 218 Å². The number of methoxy groups -OCH3 is 1. The van der Waals surface area contributed by atoms with Crippen LogP contribution in [0.2, 0.25) is 0 Å². The zero-order valence-corrected chi connectivity index (χ0v) is 21.2. The SMILES string of the molecule is COc1cccc(N(C)Cc2ccc(-c3nnc(C(F)F)o3)cc2F)c1.O=CN1CCN(C2COC2)CC1.